The molecule has 0 aliphatic carbocycles. The van der Waals surface area contributed by atoms with Crippen LogP contribution in [0.2, 0.25) is 0 Å². The number of carbonyl (C=O) groups excluding carboxylic acids is 1. The Morgan fingerprint density at radius 1 is 1.06 bits per heavy atom. The Morgan fingerprint density at radius 2 is 1.81 bits per heavy atom. The standard InChI is InChI=1S/C24H25NO6/c1-14-20(23(26)27)22(21(15(2)25-14)24(28)30-4)18-10-5-6-11-19(18)31-13-16-8-7-9-17(12-16)29-3/h5-12,20,22H,13H2,1-4H3,(H,26,27). The molecule has 2 atom stereocenters. The van der Waals surface area contributed by atoms with Gasteiger partial charge in [0, 0.05) is 22.9 Å². The Morgan fingerprint density at radius 3 is 2.48 bits per heavy atom. The lowest BCUT2D eigenvalue weighted by atomic mass is 9.75. The first-order chi connectivity index (χ1) is 14.9. The van der Waals surface area contributed by atoms with Gasteiger partial charge >= 0.3 is 11.9 Å². The number of nitrogens with zero attached hydrogens (tertiary/aromatic N) is 1. The summed E-state index contributed by atoms with van der Waals surface area (Å²) in [6.45, 7) is 3.59. The summed E-state index contributed by atoms with van der Waals surface area (Å²) >= 11 is 0. The van der Waals surface area contributed by atoms with Gasteiger partial charge in [0.1, 0.15) is 24.0 Å². The van der Waals surface area contributed by atoms with E-state index in [1.165, 1.54) is 7.11 Å². The van der Waals surface area contributed by atoms with Gasteiger partial charge in [0.05, 0.1) is 19.8 Å². The zero-order valence-corrected chi connectivity index (χ0v) is 17.9. The number of benzene rings is 2. The van der Waals surface area contributed by atoms with Gasteiger partial charge in [-0.3, -0.25) is 9.79 Å². The molecule has 2 unspecified atom stereocenters. The van der Waals surface area contributed by atoms with Crippen molar-refractivity contribution in [1.82, 2.24) is 0 Å². The molecule has 0 bridgehead atoms. The highest BCUT2D eigenvalue weighted by Gasteiger charge is 2.42. The lowest BCUT2D eigenvalue weighted by Gasteiger charge is -2.31. The molecule has 0 aromatic heterocycles. The number of carboxylic acid groups (broad SMARTS) is 1. The third-order valence-electron chi connectivity index (χ3n) is 5.28. The second-order valence-corrected chi connectivity index (χ2v) is 7.22. The highest BCUT2D eigenvalue weighted by molar-refractivity contribution is 6.06. The van der Waals surface area contributed by atoms with Gasteiger partial charge in [-0.1, -0.05) is 30.3 Å². The number of rotatable bonds is 7. The number of carboxylic acids is 1. The Labute approximate surface area is 181 Å². The molecule has 7 nitrogen and oxygen atoms in total. The Kier molecular flexibility index (Phi) is 6.74. The van der Waals surface area contributed by atoms with Crippen molar-refractivity contribution in [2.45, 2.75) is 26.4 Å². The first-order valence-electron chi connectivity index (χ1n) is 9.79. The zero-order valence-electron chi connectivity index (χ0n) is 17.9. The van der Waals surface area contributed by atoms with Crippen LogP contribution in [0.1, 0.15) is 30.9 Å². The molecule has 0 radical (unpaired) electrons. The number of allylic oxidation sites excluding steroid dienone is 1. The summed E-state index contributed by atoms with van der Waals surface area (Å²) in [7, 11) is 2.86. The fourth-order valence-electron chi connectivity index (χ4n) is 3.86. The number of hydrogen-bond acceptors (Lipinski definition) is 6. The Hall–Kier alpha value is -3.61. The number of methoxy groups -OCH3 is 2. The lowest BCUT2D eigenvalue weighted by molar-refractivity contribution is -0.140. The molecule has 1 aliphatic heterocycles. The van der Waals surface area contributed by atoms with Gasteiger partial charge < -0.3 is 19.3 Å². The van der Waals surface area contributed by atoms with Crippen molar-refractivity contribution in [3.63, 3.8) is 0 Å². The van der Waals surface area contributed by atoms with Crippen LogP contribution in [0.5, 0.6) is 11.5 Å². The van der Waals surface area contributed by atoms with Crippen LogP contribution in [0.4, 0.5) is 0 Å². The summed E-state index contributed by atoms with van der Waals surface area (Å²) < 4.78 is 16.3. The molecule has 0 saturated carbocycles. The highest BCUT2D eigenvalue weighted by atomic mass is 16.5. The fourth-order valence-corrected chi connectivity index (χ4v) is 3.86. The Balaban J connectivity index is 2.04. The van der Waals surface area contributed by atoms with E-state index in [9.17, 15) is 14.7 Å². The van der Waals surface area contributed by atoms with Gasteiger partial charge in [-0.25, -0.2) is 4.79 Å². The van der Waals surface area contributed by atoms with Gasteiger partial charge in [-0.05, 0) is 37.6 Å². The van der Waals surface area contributed by atoms with Crippen LogP contribution in [0.3, 0.4) is 0 Å². The van der Waals surface area contributed by atoms with Gasteiger partial charge in [-0.2, -0.15) is 0 Å². The predicted molar refractivity (Wildman–Crippen MR) is 115 cm³/mol. The molecule has 2 aromatic rings. The summed E-state index contributed by atoms with van der Waals surface area (Å²) in [5, 5.41) is 9.95. The van der Waals surface area contributed by atoms with E-state index in [0.29, 0.717) is 28.5 Å². The number of esters is 1. The SMILES string of the molecule is COC(=O)C1=C(C)N=C(C)C(C(=O)O)C1c1ccccc1OCc1cccc(OC)c1. The number of hydrogen-bond donors (Lipinski definition) is 1. The summed E-state index contributed by atoms with van der Waals surface area (Å²) in [6.07, 6.45) is 0. The maximum atomic E-state index is 12.6. The van der Waals surface area contributed by atoms with Gasteiger partial charge in [0.2, 0.25) is 0 Å². The van der Waals surface area contributed by atoms with Crippen molar-refractivity contribution in [2.24, 2.45) is 10.9 Å². The molecule has 7 heteroatoms. The van der Waals surface area contributed by atoms with Crippen LogP contribution in [0.15, 0.2) is 64.8 Å². The second kappa shape index (κ2) is 9.47. The molecular formula is C24H25NO6. The summed E-state index contributed by atoms with van der Waals surface area (Å²) in [4.78, 5) is 29.1. The minimum Gasteiger partial charge on any atom is -0.497 e. The topological polar surface area (TPSA) is 94.4 Å². The molecule has 31 heavy (non-hydrogen) atoms. The number of aliphatic carboxylic acids is 1. The smallest absolute Gasteiger partial charge is 0.336 e. The minimum absolute atomic E-state index is 0.220. The van der Waals surface area contributed by atoms with Gasteiger partial charge in [0.25, 0.3) is 0 Å². The van der Waals surface area contributed by atoms with E-state index >= 15 is 0 Å². The number of para-hydroxylation sites is 1. The molecule has 0 saturated heterocycles. The van der Waals surface area contributed by atoms with E-state index in [4.69, 9.17) is 14.2 Å². The molecule has 1 heterocycles. The monoisotopic (exact) mass is 423 g/mol. The van der Waals surface area contributed by atoms with Crippen LogP contribution in [0.25, 0.3) is 0 Å². The van der Waals surface area contributed by atoms with Crippen LogP contribution in [-0.4, -0.2) is 37.0 Å². The predicted octanol–water partition coefficient (Wildman–Crippen LogP) is 3.98. The van der Waals surface area contributed by atoms with E-state index in [-0.39, 0.29) is 12.2 Å². The zero-order chi connectivity index (χ0) is 22.5. The van der Waals surface area contributed by atoms with Gasteiger partial charge in [-0.15, -0.1) is 0 Å². The molecule has 3 rings (SSSR count). The van der Waals surface area contributed by atoms with Crippen molar-refractivity contribution < 1.29 is 28.9 Å². The van der Waals surface area contributed by atoms with Gasteiger partial charge in [0.15, 0.2) is 0 Å². The van der Waals surface area contributed by atoms with Crippen LogP contribution < -0.4 is 9.47 Å². The van der Waals surface area contributed by atoms with Crippen molar-refractivity contribution in [2.75, 3.05) is 14.2 Å². The first-order valence-corrected chi connectivity index (χ1v) is 9.79. The average Bonchev–Trinajstić information content (AvgIpc) is 2.76. The van der Waals surface area contributed by atoms with E-state index in [1.54, 1.807) is 45.2 Å². The summed E-state index contributed by atoms with van der Waals surface area (Å²) in [5.41, 5.74) is 2.56. The minimum atomic E-state index is -1.07. The third kappa shape index (κ3) is 4.60. The molecule has 1 N–H and O–H groups in total. The molecule has 0 fully saturated rings. The van der Waals surface area contributed by atoms with E-state index in [0.717, 1.165) is 5.56 Å². The summed E-state index contributed by atoms with van der Waals surface area (Å²) in [5.74, 6) is -2.27. The number of aliphatic imine (C=N–C) groups is 1. The van der Waals surface area contributed by atoms with Crippen molar-refractivity contribution >= 4 is 17.7 Å². The second-order valence-electron chi connectivity index (χ2n) is 7.22. The highest BCUT2D eigenvalue weighted by Crippen LogP contribution is 2.43. The van der Waals surface area contributed by atoms with Crippen molar-refractivity contribution in [1.29, 1.82) is 0 Å². The largest absolute Gasteiger partial charge is 0.497 e. The third-order valence-corrected chi connectivity index (χ3v) is 5.28. The maximum Gasteiger partial charge on any atom is 0.336 e. The molecule has 0 spiro atoms. The fraction of sp³-hybridized carbons (Fsp3) is 0.292. The Bertz CT molecular complexity index is 1060. The molecule has 1 aliphatic rings. The molecule has 162 valence electrons. The quantitative estimate of drug-likeness (QED) is 0.677. The van der Waals surface area contributed by atoms with E-state index < -0.39 is 23.8 Å². The lowest BCUT2D eigenvalue weighted by Crippen LogP contribution is -2.35. The number of carbonyl (C=O) groups is 2. The van der Waals surface area contributed by atoms with Crippen LogP contribution >= 0.6 is 0 Å². The van der Waals surface area contributed by atoms with E-state index in [1.807, 2.05) is 24.3 Å². The first kappa shape index (κ1) is 22.1. The van der Waals surface area contributed by atoms with Crippen molar-refractivity contribution in [3.8, 4) is 11.5 Å². The molecule has 2 aromatic carbocycles. The maximum absolute atomic E-state index is 12.6. The van der Waals surface area contributed by atoms with Crippen LogP contribution in [-0.2, 0) is 20.9 Å². The normalized spacial score (nSPS) is 18.3. The molecular weight excluding hydrogens is 398 g/mol. The number of ether oxygens (including phenoxy) is 3. The average molecular weight is 423 g/mol. The van der Waals surface area contributed by atoms with E-state index in [2.05, 4.69) is 4.99 Å². The van der Waals surface area contributed by atoms with Crippen LogP contribution in [0, 0.1) is 5.92 Å². The molecule has 0 amide bonds. The van der Waals surface area contributed by atoms with Crippen molar-refractivity contribution in [3.05, 3.63) is 70.9 Å². The summed E-state index contributed by atoms with van der Waals surface area (Å²) in [6, 6.07) is 14.6.